The molecular weight excluding hydrogens is 188 g/mol. The molecule has 1 aliphatic heterocycles. The van der Waals surface area contributed by atoms with E-state index in [-0.39, 0.29) is 5.56 Å². The molecule has 0 amide bonds. The molecule has 0 radical (unpaired) electrons. The van der Waals surface area contributed by atoms with Crippen LogP contribution in [0.1, 0.15) is 11.3 Å². The molecule has 0 spiro atoms. The zero-order chi connectivity index (χ0) is 8.84. The lowest BCUT2D eigenvalue weighted by Crippen LogP contribution is -2.19. The summed E-state index contributed by atoms with van der Waals surface area (Å²) in [5, 5.41) is 2.74. The predicted octanol–water partition coefficient (Wildman–Crippen LogP) is 0.164. The fourth-order valence-corrected chi connectivity index (χ4v) is 2.48. The number of hydrogen-bond donors (Lipinski definition) is 1. The SMILES string of the molecule is O=c1c2c(nc3nc[nH]n13)CSC2. The number of aromatic nitrogens is 4. The van der Waals surface area contributed by atoms with E-state index in [0.717, 1.165) is 22.8 Å². The average Bonchev–Trinajstić information content (AvgIpc) is 2.71. The summed E-state index contributed by atoms with van der Waals surface area (Å²) >= 11 is 1.71. The van der Waals surface area contributed by atoms with Crippen LogP contribution in [0.4, 0.5) is 0 Å². The Bertz CT molecular complexity index is 529. The first-order valence-electron chi connectivity index (χ1n) is 3.88. The number of H-pyrrole nitrogens is 1. The molecule has 3 heterocycles. The van der Waals surface area contributed by atoms with Crippen molar-refractivity contribution in [3.63, 3.8) is 0 Å². The molecule has 2 aromatic rings. The van der Waals surface area contributed by atoms with Crippen LogP contribution in [0.3, 0.4) is 0 Å². The highest BCUT2D eigenvalue weighted by Gasteiger charge is 2.18. The van der Waals surface area contributed by atoms with E-state index < -0.39 is 0 Å². The third-order valence-electron chi connectivity index (χ3n) is 2.10. The summed E-state index contributed by atoms with van der Waals surface area (Å²) in [6.45, 7) is 0. The quantitative estimate of drug-likeness (QED) is 0.649. The second-order valence-corrected chi connectivity index (χ2v) is 3.84. The van der Waals surface area contributed by atoms with E-state index in [1.165, 1.54) is 10.8 Å². The van der Waals surface area contributed by atoms with Crippen LogP contribution < -0.4 is 5.56 Å². The van der Waals surface area contributed by atoms with Crippen molar-refractivity contribution in [1.82, 2.24) is 19.6 Å². The molecule has 5 nitrogen and oxygen atoms in total. The summed E-state index contributed by atoms with van der Waals surface area (Å²) in [5.41, 5.74) is 1.69. The van der Waals surface area contributed by atoms with Crippen molar-refractivity contribution in [3.05, 3.63) is 27.9 Å². The van der Waals surface area contributed by atoms with E-state index in [2.05, 4.69) is 15.1 Å². The van der Waals surface area contributed by atoms with Gasteiger partial charge in [-0.05, 0) is 0 Å². The van der Waals surface area contributed by atoms with Gasteiger partial charge in [-0.25, -0.2) is 9.97 Å². The lowest BCUT2D eigenvalue weighted by molar-refractivity contribution is 0.873. The smallest absolute Gasteiger partial charge is 0.278 e. The molecule has 0 atom stereocenters. The van der Waals surface area contributed by atoms with E-state index in [9.17, 15) is 4.79 Å². The third-order valence-corrected chi connectivity index (χ3v) is 3.07. The summed E-state index contributed by atoms with van der Waals surface area (Å²) in [6, 6.07) is 0. The third kappa shape index (κ3) is 0.859. The highest BCUT2D eigenvalue weighted by Crippen LogP contribution is 2.25. The molecule has 1 N–H and O–H groups in total. The number of fused-ring (bicyclic) bond motifs is 2. The van der Waals surface area contributed by atoms with Gasteiger partial charge in [-0.1, -0.05) is 0 Å². The summed E-state index contributed by atoms with van der Waals surface area (Å²) in [5.74, 6) is 2.06. The van der Waals surface area contributed by atoms with Crippen molar-refractivity contribution in [2.75, 3.05) is 0 Å². The monoisotopic (exact) mass is 194 g/mol. The summed E-state index contributed by atoms with van der Waals surface area (Å²) in [6.07, 6.45) is 1.48. The number of aromatic amines is 1. The minimum absolute atomic E-state index is 0.0116. The van der Waals surface area contributed by atoms with Gasteiger partial charge in [0.2, 0.25) is 0 Å². The van der Waals surface area contributed by atoms with Crippen LogP contribution in [-0.4, -0.2) is 19.6 Å². The second-order valence-electron chi connectivity index (χ2n) is 2.86. The van der Waals surface area contributed by atoms with E-state index in [1.54, 1.807) is 11.8 Å². The summed E-state index contributed by atoms with van der Waals surface area (Å²) < 4.78 is 1.38. The molecule has 0 aromatic carbocycles. The zero-order valence-corrected chi connectivity index (χ0v) is 7.47. The van der Waals surface area contributed by atoms with E-state index in [4.69, 9.17) is 0 Å². The minimum Gasteiger partial charge on any atom is -0.278 e. The Kier molecular flexibility index (Phi) is 1.29. The maximum Gasteiger partial charge on any atom is 0.278 e. The van der Waals surface area contributed by atoms with Gasteiger partial charge in [0.25, 0.3) is 11.3 Å². The molecule has 0 bridgehead atoms. The molecule has 0 unspecified atom stereocenters. The van der Waals surface area contributed by atoms with Crippen LogP contribution in [0.25, 0.3) is 5.78 Å². The minimum atomic E-state index is -0.0116. The normalized spacial score (nSPS) is 15.1. The number of nitrogens with zero attached hydrogens (tertiary/aromatic N) is 3. The van der Waals surface area contributed by atoms with Crippen LogP contribution in [0.2, 0.25) is 0 Å². The molecule has 2 aromatic heterocycles. The van der Waals surface area contributed by atoms with Crippen LogP contribution in [0.5, 0.6) is 0 Å². The molecule has 0 saturated heterocycles. The molecule has 0 aliphatic carbocycles. The molecule has 1 aliphatic rings. The number of thioether (sulfide) groups is 1. The predicted molar refractivity (Wildman–Crippen MR) is 48.6 cm³/mol. The van der Waals surface area contributed by atoms with Crippen LogP contribution >= 0.6 is 11.8 Å². The van der Waals surface area contributed by atoms with Crippen molar-refractivity contribution in [2.24, 2.45) is 0 Å². The van der Waals surface area contributed by atoms with Crippen molar-refractivity contribution in [1.29, 1.82) is 0 Å². The van der Waals surface area contributed by atoms with Crippen LogP contribution in [0.15, 0.2) is 11.1 Å². The Morgan fingerprint density at radius 2 is 2.46 bits per heavy atom. The lowest BCUT2D eigenvalue weighted by atomic mass is 10.3. The standard InChI is InChI=1S/C7H6N4OS/c12-6-4-1-13-2-5(4)10-7-8-3-9-11(6)7/h3H,1-2H2,(H,8,9,10). The van der Waals surface area contributed by atoms with Gasteiger partial charge in [0.15, 0.2) is 0 Å². The largest absolute Gasteiger partial charge is 0.278 e. The number of nitrogens with one attached hydrogen (secondary N) is 1. The van der Waals surface area contributed by atoms with Crippen molar-refractivity contribution in [3.8, 4) is 0 Å². The fourth-order valence-electron chi connectivity index (χ4n) is 1.45. The number of hydrogen-bond acceptors (Lipinski definition) is 4. The highest BCUT2D eigenvalue weighted by molar-refractivity contribution is 7.98. The van der Waals surface area contributed by atoms with Crippen LogP contribution in [0, 0.1) is 0 Å². The molecule has 6 heteroatoms. The molecule has 66 valence electrons. The maximum atomic E-state index is 11.7. The Morgan fingerprint density at radius 1 is 1.54 bits per heavy atom. The topological polar surface area (TPSA) is 63.0 Å². The van der Waals surface area contributed by atoms with Crippen LogP contribution in [-0.2, 0) is 11.5 Å². The molecular formula is C7H6N4OS. The molecule has 0 fully saturated rings. The van der Waals surface area contributed by atoms with Gasteiger partial charge >= 0.3 is 0 Å². The Labute approximate surface area is 77.2 Å². The first-order valence-corrected chi connectivity index (χ1v) is 5.03. The van der Waals surface area contributed by atoms with E-state index in [1.807, 2.05) is 0 Å². The fraction of sp³-hybridized carbons (Fsp3) is 0.286. The van der Waals surface area contributed by atoms with Crippen molar-refractivity contribution in [2.45, 2.75) is 11.5 Å². The van der Waals surface area contributed by atoms with Crippen molar-refractivity contribution >= 4 is 17.5 Å². The molecule has 13 heavy (non-hydrogen) atoms. The first kappa shape index (κ1) is 7.14. The number of rotatable bonds is 0. The zero-order valence-electron chi connectivity index (χ0n) is 6.65. The molecule has 0 saturated carbocycles. The summed E-state index contributed by atoms with van der Waals surface area (Å²) in [7, 11) is 0. The van der Waals surface area contributed by atoms with Gasteiger partial charge in [0.1, 0.15) is 6.33 Å². The first-order chi connectivity index (χ1) is 6.36. The Morgan fingerprint density at radius 3 is 3.38 bits per heavy atom. The maximum absolute atomic E-state index is 11.7. The second kappa shape index (κ2) is 2.35. The van der Waals surface area contributed by atoms with Gasteiger partial charge < -0.3 is 0 Å². The van der Waals surface area contributed by atoms with E-state index >= 15 is 0 Å². The van der Waals surface area contributed by atoms with Gasteiger partial charge in [0.05, 0.1) is 11.3 Å². The summed E-state index contributed by atoms with van der Waals surface area (Å²) in [4.78, 5) is 19.9. The van der Waals surface area contributed by atoms with Gasteiger partial charge in [0, 0.05) is 11.5 Å². The Hall–Kier alpha value is -1.30. The average molecular weight is 194 g/mol. The lowest BCUT2D eigenvalue weighted by Gasteiger charge is -1.95. The molecule has 3 rings (SSSR count). The van der Waals surface area contributed by atoms with Gasteiger partial charge in [-0.3, -0.25) is 9.89 Å². The van der Waals surface area contributed by atoms with E-state index in [0.29, 0.717) is 5.78 Å². The highest BCUT2D eigenvalue weighted by atomic mass is 32.2. The Balaban J connectivity index is 2.53. The van der Waals surface area contributed by atoms with Gasteiger partial charge in [-0.2, -0.15) is 16.3 Å². The van der Waals surface area contributed by atoms with Gasteiger partial charge in [-0.15, -0.1) is 0 Å². The van der Waals surface area contributed by atoms with Crippen molar-refractivity contribution < 1.29 is 0 Å².